The maximum atomic E-state index is 13.5. The molecule has 0 atom stereocenters. The second kappa shape index (κ2) is 15.7. The predicted molar refractivity (Wildman–Crippen MR) is 220 cm³/mol. The van der Waals surface area contributed by atoms with Crippen molar-refractivity contribution >= 4 is 30.4 Å². The van der Waals surface area contributed by atoms with E-state index in [1.165, 1.54) is 54.6 Å². The molecule has 288 valence electrons. The molecule has 0 radical (unpaired) electrons. The van der Waals surface area contributed by atoms with Gasteiger partial charge < -0.3 is 12.5 Å². The van der Waals surface area contributed by atoms with Gasteiger partial charge in [-0.2, -0.15) is 25.3 Å². The SMILES string of the molecule is Cc1ccc(S(=O)(=O)Oc2ccccc2-c2cc(-c3ccccc3OS(=O)(=O)c3ccc(C)cc3)cc(-c3ccccc3OS(=O)(=O)c3ccc(C)cc3)c2)cc1. The molecule has 0 aliphatic heterocycles. The molecule has 0 fully saturated rings. The molecule has 0 aliphatic rings. The molecule has 7 rings (SSSR count). The normalized spacial score (nSPS) is 11.8. The summed E-state index contributed by atoms with van der Waals surface area (Å²) in [7, 11) is -12.8. The van der Waals surface area contributed by atoms with E-state index >= 15 is 0 Å². The fourth-order valence-electron chi connectivity index (χ4n) is 6.04. The number of aryl methyl sites for hydroxylation is 3. The lowest BCUT2D eigenvalue weighted by atomic mass is 9.92. The molecule has 0 spiro atoms. The quantitative estimate of drug-likeness (QED) is 0.111. The van der Waals surface area contributed by atoms with E-state index in [4.69, 9.17) is 12.5 Å². The van der Waals surface area contributed by atoms with Crippen LogP contribution in [0.5, 0.6) is 17.2 Å². The van der Waals surface area contributed by atoms with Crippen molar-refractivity contribution in [2.75, 3.05) is 0 Å². The van der Waals surface area contributed by atoms with Gasteiger partial charge in [-0.05, 0) is 110 Å². The van der Waals surface area contributed by atoms with E-state index in [-0.39, 0.29) is 31.9 Å². The van der Waals surface area contributed by atoms with Crippen LogP contribution < -0.4 is 12.5 Å². The van der Waals surface area contributed by atoms with Crippen molar-refractivity contribution in [1.29, 1.82) is 0 Å². The molecule has 0 saturated heterocycles. The molecular formula is C45H36O9S3. The predicted octanol–water partition coefficient (Wildman–Crippen LogP) is 9.92. The first-order valence-corrected chi connectivity index (χ1v) is 21.9. The maximum absolute atomic E-state index is 13.5. The summed E-state index contributed by atoms with van der Waals surface area (Å²) in [5.74, 6) is 0.0810. The van der Waals surface area contributed by atoms with Crippen LogP contribution in [0, 0.1) is 20.8 Å². The topological polar surface area (TPSA) is 130 Å². The summed E-state index contributed by atoms with van der Waals surface area (Å²) < 4.78 is 98.5. The van der Waals surface area contributed by atoms with E-state index in [0.29, 0.717) is 33.4 Å². The minimum atomic E-state index is -4.27. The molecule has 0 aromatic heterocycles. The third-order valence-corrected chi connectivity index (χ3v) is 12.8. The van der Waals surface area contributed by atoms with E-state index in [1.54, 1.807) is 109 Å². The highest BCUT2D eigenvalue weighted by Gasteiger charge is 2.24. The standard InChI is InChI=1S/C45H36O9S3/c1-31-16-22-37(23-17-31)55(46,47)52-43-13-7-4-10-40(43)34-28-35(41-11-5-8-14-44(41)53-56(48,49)38-24-18-32(2)19-25-38)30-36(29-34)42-12-6-9-15-45(42)54-57(50,51)39-26-20-33(3)21-27-39/h4-30H,1-3H3. The van der Waals surface area contributed by atoms with E-state index in [2.05, 4.69) is 0 Å². The maximum Gasteiger partial charge on any atom is 0.339 e. The van der Waals surface area contributed by atoms with Crippen molar-refractivity contribution in [3.8, 4) is 50.6 Å². The number of hydrogen-bond donors (Lipinski definition) is 0. The van der Waals surface area contributed by atoms with Crippen LogP contribution in [0.1, 0.15) is 16.7 Å². The Labute approximate surface area is 333 Å². The van der Waals surface area contributed by atoms with Gasteiger partial charge >= 0.3 is 30.4 Å². The molecule has 7 aromatic rings. The molecule has 9 nitrogen and oxygen atoms in total. The van der Waals surface area contributed by atoms with Crippen molar-refractivity contribution < 1.29 is 37.8 Å². The Morgan fingerprint density at radius 2 is 0.544 bits per heavy atom. The fourth-order valence-corrected chi connectivity index (χ4v) is 8.88. The Morgan fingerprint density at radius 3 is 0.789 bits per heavy atom. The van der Waals surface area contributed by atoms with Crippen LogP contribution >= 0.6 is 0 Å². The first kappa shape index (κ1) is 39.0. The number of hydrogen-bond acceptors (Lipinski definition) is 9. The Kier molecular flexibility index (Phi) is 10.8. The number of rotatable bonds is 12. The van der Waals surface area contributed by atoms with Gasteiger partial charge in [-0.15, -0.1) is 0 Å². The molecule has 0 N–H and O–H groups in total. The Bertz CT molecular complexity index is 2590. The molecule has 12 heteroatoms. The van der Waals surface area contributed by atoms with Crippen LogP contribution in [0.3, 0.4) is 0 Å². The molecule has 7 aromatic carbocycles. The van der Waals surface area contributed by atoms with Crippen molar-refractivity contribution in [2.24, 2.45) is 0 Å². The zero-order chi connectivity index (χ0) is 40.4. The van der Waals surface area contributed by atoms with Crippen LogP contribution in [0.2, 0.25) is 0 Å². The van der Waals surface area contributed by atoms with Gasteiger partial charge in [-0.3, -0.25) is 0 Å². The molecule has 57 heavy (non-hydrogen) atoms. The van der Waals surface area contributed by atoms with Gasteiger partial charge in [0, 0.05) is 16.7 Å². The van der Waals surface area contributed by atoms with E-state index < -0.39 is 30.4 Å². The molecule has 0 heterocycles. The smallest absolute Gasteiger partial charge is 0.339 e. The first-order chi connectivity index (χ1) is 27.2. The van der Waals surface area contributed by atoms with Crippen molar-refractivity contribution in [3.05, 3.63) is 180 Å². The van der Waals surface area contributed by atoms with Gasteiger partial charge in [0.2, 0.25) is 0 Å². The highest BCUT2D eigenvalue weighted by atomic mass is 32.2. The van der Waals surface area contributed by atoms with Crippen molar-refractivity contribution in [1.82, 2.24) is 0 Å². The Morgan fingerprint density at radius 1 is 0.316 bits per heavy atom. The second-order valence-corrected chi connectivity index (χ2v) is 18.0. The summed E-state index contributed by atoms with van der Waals surface area (Å²) in [5, 5.41) is 0. The van der Waals surface area contributed by atoms with Crippen LogP contribution in [-0.2, 0) is 30.4 Å². The second-order valence-electron chi connectivity index (χ2n) is 13.3. The summed E-state index contributed by atoms with van der Waals surface area (Å²) in [4.78, 5) is -0.0859. The van der Waals surface area contributed by atoms with Crippen molar-refractivity contribution in [2.45, 2.75) is 35.5 Å². The van der Waals surface area contributed by atoms with Gasteiger partial charge in [0.05, 0.1) is 0 Å². The Balaban J connectivity index is 1.39. The van der Waals surface area contributed by atoms with Crippen LogP contribution in [0.25, 0.3) is 33.4 Å². The minimum Gasteiger partial charge on any atom is -0.378 e. The lowest BCUT2D eigenvalue weighted by molar-refractivity contribution is 0.485. The van der Waals surface area contributed by atoms with Gasteiger partial charge in [0.15, 0.2) is 17.2 Å². The molecule has 0 bridgehead atoms. The minimum absolute atomic E-state index is 0.0270. The fraction of sp³-hybridized carbons (Fsp3) is 0.0667. The summed E-state index contributed by atoms with van der Waals surface area (Å²) in [5.41, 5.74) is 5.17. The summed E-state index contributed by atoms with van der Waals surface area (Å²) in [6.07, 6.45) is 0. The van der Waals surface area contributed by atoms with E-state index in [1.807, 2.05) is 20.8 Å². The lowest BCUT2D eigenvalue weighted by Crippen LogP contribution is -2.11. The van der Waals surface area contributed by atoms with Crippen LogP contribution in [0.15, 0.2) is 178 Å². The highest BCUT2D eigenvalue weighted by Crippen LogP contribution is 2.42. The molecular weight excluding hydrogens is 781 g/mol. The zero-order valence-corrected chi connectivity index (χ0v) is 33.4. The van der Waals surface area contributed by atoms with E-state index in [0.717, 1.165) is 16.7 Å². The van der Waals surface area contributed by atoms with Gasteiger partial charge in [0.1, 0.15) is 14.7 Å². The highest BCUT2D eigenvalue weighted by molar-refractivity contribution is 7.87. The van der Waals surface area contributed by atoms with Crippen LogP contribution in [0.4, 0.5) is 0 Å². The number of para-hydroxylation sites is 3. The molecule has 0 amide bonds. The van der Waals surface area contributed by atoms with Crippen molar-refractivity contribution in [3.63, 3.8) is 0 Å². The average Bonchev–Trinajstić information content (AvgIpc) is 3.18. The summed E-state index contributed by atoms with van der Waals surface area (Å²) in [6.45, 7) is 5.54. The largest absolute Gasteiger partial charge is 0.378 e. The number of benzene rings is 7. The molecule has 0 saturated carbocycles. The molecule has 0 aliphatic carbocycles. The van der Waals surface area contributed by atoms with Gasteiger partial charge in [0.25, 0.3) is 0 Å². The summed E-state index contributed by atoms with van der Waals surface area (Å²) >= 11 is 0. The average molecular weight is 817 g/mol. The first-order valence-electron chi connectivity index (χ1n) is 17.7. The van der Waals surface area contributed by atoms with Gasteiger partial charge in [-0.25, -0.2) is 0 Å². The monoisotopic (exact) mass is 816 g/mol. The van der Waals surface area contributed by atoms with Crippen LogP contribution in [-0.4, -0.2) is 25.3 Å². The molecule has 0 unspecified atom stereocenters. The summed E-state index contributed by atoms with van der Waals surface area (Å²) in [6, 6.07) is 43.9. The van der Waals surface area contributed by atoms with E-state index in [9.17, 15) is 25.3 Å². The van der Waals surface area contributed by atoms with Gasteiger partial charge in [-0.1, -0.05) is 108 Å². The lowest BCUT2D eigenvalue weighted by Gasteiger charge is -2.17. The third kappa shape index (κ3) is 8.78. The Hall–Kier alpha value is -6.21. The zero-order valence-electron chi connectivity index (χ0n) is 31.0. The third-order valence-electron chi connectivity index (χ3n) is 9.05.